The summed E-state index contributed by atoms with van der Waals surface area (Å²) in [4.78, 5) is 2.34. The van der Waals surface area contributed by atoms with E-state index in [1.165, 1.54) is 6.07 Å². The van der Waals surface area contributed by atoms with Crippen molar-refractivity contribution < 1.29 is 9.50 Å². The zero-order valence-corrected chi connectivity index (χ0v) is 11.0. The van der Waals surface area contributed by atoms with Crippen LogP contribution in [0.2, 0.25) is 5.02 Å². The summed E-state index contributed by atoms with van der Waals surface area (Å²) in [6.45, 7) is 2.01. The molecule has 0 bridgehead atoms. The van der Waals surface area contributed by atoms with Gasteiger partial charge >= 0.3 is 0 Å². The van der Waals surface area contributed by atoms with Crippen LogP contribution in [0.3, 0.4) is 0 Å². The number of fused-ring (bicyclic) bond motifs is 1. The lowest BCUT2D eigenvalue weighted by Gasteiger charge is -2.30. The minimum atomic E-state index is -0.742. The van der Waals surface area contributed by atoms with Crippen LogP contribution in [0.15, 0.2) is 18.2 Å². The molecule has 0 spiro atoms. The molecule has 2 aliphatic heterocycles. The maximum atomic E-state index is 13.4. The summed E-state index contributed by atoms with van der Waals surface area (Å²) in [5.74, 6) is -0.404. The molecule has 1 N–H and O–H groups in total. The van der Waals surface area contributed by atoms with Crippen LogP contribution in [0, 0.1) is 5.82 Å². The summed E-state index contributed by atoms with van der Waals surface area (Å²) in [6, 6.07) is 5.03. The van der Waals surface area contributed by atoms with E-state index in [0.717, 1.165) is 32.4 Å². The summed E-state index contributed by atoms with van der Waals surface area (Å²) in [5, 5.41) is 11.0. The molecule has 2 nitrogen and oxygen atoms in total. The van der Waals surface area contributed by atoms with Crippen molar-refractivity contribution in [3.63, 3.8) is 0 Å². The molecule has 2 aliphatic rings. The lowest BCUT2D eigenvalue weighted by Crippen LogP contribution is -2.43. The maximum absolute atomic E-state index is 13.4. The fourth-order valence-electron chi connectivity index (χ4n) is 3.43. The molecular weight excluding hydrogens is 253 g/mol. The van der Waals surface area contributed by atoms with Gasteiger partial charge in [0.25, 0.3) is 0 Å². The normalized spacial score (nSPS) is 31.8. The molecule has 0 radical (unpaired) electrons. The quantitative estimate of drug-likeness (QED) is 0.892. The van der Waals surface area contributed by atoms with Gasteiger partial charge in [-0.3, -0.25) is 4.90 Å². The largest absolute Gasteiger partial charge is 0.388 e. The number of rotatable bonds is 2. The van der Waals surface area contributed by atoms with Crippen molar-refractivity contribution in [3.8, 4) is 0 Å². The summed E-state index contributed by atoms with van der Waals surface area (Å²) >= 11 is 5.98. The maximum Gasteiger partial charge on any atom is 0.142 e. The Morgan fingerprint density at radius 1 is 1.44 bits per heavy atom. The predicted molar refractivity (Wildman–Crippen MR) is 69.3 cm³/mol. The van der Waals surface area contributed by atoms with Crippen LogP contribution < -0.4 is 0 Å². The molecule has 98 valence electrons. The summed E-state index contributed by atoms with van der Waals surface area (Å²) < 4.78 is 13.4. The van der Waals surface area contributed by atoms with Gasteiger partial charge in [0.15, 0.2) is 0 Å². The summed E-state index contributed by atoms with van der Waals surface area (Å²) in [7, 11) is 0. The second-order valence-corrected chi connectivity index (χ2v) is 5.82. The summed E-state index contributed by atoms with van der Waals surface area (Å²) in [5.41, 5.74) is -0.0265. The molecule has 0 saturated carbocycles. The minimum absolute atomic E-state index is 0.155. The highest BCUT2D eigenvalue weighted by Gasteiger charge is 2.47. The average Bonchev–Trinajstić information content (AvgIpc) is 2.91. The van der Waals surface area contributed by atoms with Gasteiger partial charge in [0.05, 0.1) is 10.6 Å². The van der Waals surface area contributed by atoms with Gasteiger partial charge in [-0.25, -0.2) is 4.39 Å². The third-order valence-corrected chi connectivity index (χ3v) is 4.77. The van der Waals surface area contributed by atoms with E-state index in [0.29, 0.717) is 12.0 Å². The molecule has 2 atom stereocenters. The first-order valence-corrected chi connectivity index (χ1v) is 6.87. The monoisotopic (exact) mass is 269 g/mol. The van der Waals surface area contributed by atoms with Crippen molar-refractivity contribution in [1.29, 1.82) is 0 Å². The number of hydrogen-bond donors (Lipinski definition) is 1. The Balaban J connectivity index is 1.85. The van der Waals surface area contributed by atoms with Crippen LogP contribution in [0.4, 0.5) is 4.39 Å². The van der Waals surface area contributed by atoms with Crippen LogP contribution in [0.5, 0.6) is 0 Å². The number of nitrogens with zero attached hydrogens (tertiary/aromatic N) is 1. The molecule has 2 saturated heterocycles. The Bertz CT molecular complexity index is 467. The topological polar surface area (TPSA) is 23.5 Å². The fourth-order valence-corrected chi connectivity index (χ4v) is 3.62. The first-order valence-electron chi connectivity index (χ1n) is 6.49. The molecule has 1 aromatic rings. The van der Waals surface area contributed by atoms with E-state index < -0.39 is 11.4 Å². The number of halogens is 2. The Morgan fingerprint density at radius 3 is 3.11 bits per heavy atom. The van der Waals surface area contributed by atoms with Crippen LogP contribution in [-0.2, 0) is 6.42 Å². The van der Waals surface area contributed by atoms with Crippen molar-refractivity contribution in [3.05, 3.63) is 34.6 Å². The van der Waals surface area contributed by atoms with Gasteiger partial charge in [0.1, 0.15) is 5.82 Å². The molecule has 2 heterocycles. The third-order valence-electron chi connectivity index (χ3n) is 4.34. The van der Waals surface area contributed by atoms with Gasteiger partial charge < -0.3 is 5.11 Å². The van der Waals surface area contributed by atoms with Crippen molar-refractivity contribution in [1.82, 2.24) is 4.90 Å². The van der Waals surface area contributed by atoms with E-state index in [2.05, 4.69) is 4.90 Å². The van der Waals surface area contributed by atoms with E-state index in [9.17, 15) is 9.50 Å². The number of aliphatic hydroxyl groups is 1. The third kappa shape index (κ3) is 1.94. The Morgan fingerprint density at radius 2 is 2.28 bits per heavy atom. The van der Waals surface area contributed by atoms with E-state index in [-0.39, 0.29) is 11.1 Å². The second-order valence-electron chi connectivity index (χ2n) is 5.44. The standard InChI is InChI=1S/C14H17ClFNO/c15-13-10(3-1-4-11(13)16)9-14(18)6-8-17-7-2-5-12(14)17/h1,3-4,12,18H,2,5-9H2. The van der Waals surface area contributed by atoms with Gasteiger partial charge in [-0.05, 0) is 37.4 Å². The molecule has 0 aromatic heterocycles. The SMILES string of the molecule is OC1(Cc2cccc(F)c2Cl)CCN2CCCC21. The van der Waals surface area contributed by atoms with E-state index in [4.69, 9.17) is 11.6 Å². The zero-order chi connectivity index (χ0) is 12.8. The number of benzene rings is 1. The molecule has 18 heavy (non-hydrogen) atoms. The van der Waals surface area contributed by atoms with Crippen molar-refractivity contribution in [2.75, 3.05) is 13.1 Å². The van der Waals surface area contributed by atoms with Crippen LogP contribution in [-0.4, -0.2) is 34.7 Å². The van der Waals surface area contributed by atoms with Crippen LogP contribution in [0.1, 0.15) is 24.8 Å². The molecule has 2 fully saturated rings. The second kappa shape index (κ2) is 4.48. The van der Waals surface area contributed by atoms with E-state index in [1.807, 2.05) is 0 Å². The molecule has 0 aliphatic carbocycles. The highest BCUT2D eigenvalue weighted by atomic mass is 35.5. The first kappa shape index (κ1) is 12.4. The van der Waals surface area contributed by atoms with E-state index in [1.54, 1.807) is 12.1 Å². The van der Waals surface area contributed by atoms with Gasteiger partial charge in [-0.2, -0.15) is 0 Å². The molecule has 3 rings (SSSR count). The van der Waals surface area contributed by atoms with Gasteiger partial charge in [0.2, 0.25) is 0 Å². The predicted octanol–water partition coefficient (Wildman–Crippen LogP) is 2.62. The van der Waals surface area contributed by atoms with Crippen molar-refractivity contribution in [2.24, 2.45) is 0 Å². The van der Waals surface area contributed by atoms with Crippen molar-refractivity contribution >= 4 is 11.6 Å². The van der Waals surface area contributed by atoms with Crippen molar-refractivity contribution in [2.45, 2.75) is 37.3 Å². The Labute approximate surface area is 111 Å². The molecular formula is C14H17ClFNO. The molecule has 0 amide bonds. The fraction of sp³-hybridized carbons (Fsp3) is 0.571. The van der Waals surface area contributed by atoms with E-state index >= 15 is 0 Å². The highest BCUT2D eigenvalue weighted by molar-refractivity contribution is 6.31. The Hall–Kier alpha value is -0.640. The number of hydrogen-bond acceptors (Lipinski definition) is 2. The lowest BCUT2D eigenvalue weighted by molar-refractivity contribution is 0.0140. The lowest BCUT2D eigenvalue weighted by atomic mass is 9.86. The molecule has 1 aromatic carbocycles. The van der Waals surface area contributed by atoms with Gasteiger partial charge in [-0.1, -0.05) is 23.7 Å². The highest BCUT2D eigenvalue weighted by Crippen LogP contribution is 2.39. The smallest absolute Gasteiger partial charge is 0.142 e. The van der Waals surface area contributed by atoms with Gasteiger partial charge in [0, 0.05) is 19.0 Å². The average molecular weight is 270 g/mol. The Kier molecular flexibility index (Phi) is 3.08. The molecule has 2 unspecified atom stereocenters. The first-order chi connectivity index (χ1) is 8.60. The zero-order valence-electron chi connectivity index (χ0n) is 10.2. The van der Waals surface area contributed by atoms with Crippen LogP contribution >= 0.6 is 11.6 Å². The van der Waals surface area contributed by atoms with Crippen LogP contribution in [0.25, 0.3) is 0 Å². The summed E-state index contributed by atoms with van der Waals surface area (Å²) in [6.07, 6.45) is 3.38. The minimum Gasteiger partial charge on any atom is -0.388 e. The van der Waals surface area contributed by atoms with Gasteiger partial charge in [-0.15, -0.1) is 0 Å². The molecule has 4 heteroatoms.